The number of hydrogen-bond acceptors (Lipinski definition) is 0. The van der Waals surface area contributed by atoms with E-state index in [0.717, 1.165) is 0 Å². The van der Waals surface area contributed by atoms with E-state index < -0.39 is 0 Å². The minimum Gasteiger partial charge on any atom is -0.335 e. The van der Waals surface area contributed by atoms with Crippen molar-refractivity contribution in [3.05, 3.63) is 67.0 Å². The Hall–Kier alpha value is -3.00. The van der Waals surface area contributed by atoms with Crippen LogP contribution in [0.4, 0.5) is 0 Å². The van der Waals surface area contributed by atoms with Crippen LogP contribution in [0.25, 0.3) is 49.6 Å². The van der Waals surface area contributed by atoms with Crippen molar-refractivity contribution in [1.29, 1.82) is 0 Å². The van der Waals surface area contributed by atoms with Crippen LogP contribution in [-0.4, -0.2) is 8.97 Å². The lowest BCUT2D eigenvalue weighted by molar-refractivity contribution is 0.961. The molecule has 0 radical (unpaired) electrons. The zero-order valence-corrected chi connectivity index (χ0v) is 12.7. The average Bonchev–Trinajstić information content (AvgIpc) is 3.22. The molecule has 2 heterocycles. The summed E-state index contributed by atoms with van der Waals surface area (Å²) in [4.78, 5) is 0. The van der Waals surface area contributed by atoms with Crippen LogP contribution in [0.2, 0.25) is 0 Å². The second kappa shape index (κ2) is 3.66. The molecule has 2 aromatic heterocycles. The zero-order chi connectivity index (χ0) is 15.1. The normalized spacial score (nSPS) is 12.6. The van der Waals surface area contributed by atoms with Crippen molar-refractivity contribution in [3.63, 3.8) is 0 Å². The predicted molar refractivity (Wildman–Crippen MR) is 95.8 cm³/mol. The Kier molecular flexibility index (Phi) is 1.84. The van der Waals surface area contributed by atoms with Gasteiger partial charge in [0.2, 0.25) is 0 Å². The van der Waals surface area contributed by atoms with Gasteiger partial charge in [0.25, 0.3) is 0 Å². The van der Waals surface area contributed by atoms with E-state index in [1.165, 1.54) is 49.6 Å². The van der Waals surface area contributed by atoms with E-state index in [1.807, 2.05) is 0 Å². The third-order valence-corrected chi connectivity index (χ3v) is 5.24. The second-order valence-electron chi connectivity index (χ2n) is 6.39. The van der Waals surface area contributed by atoms with E-state index in [1.54, 1.807) is 0 Å². The number of fused-ring (bicyclic) bond motifs is 8. The number of imidazole rings is 1. The SMILES string of the molecule is Cn1ccn2c3cccc4c3c(c12)-c1ccc2ccccc2c1-4. The van der Waals surface area contributed by atoms with Crippen molar-refractivity contribution in [2.45, 2.75) is 0 Å². The molecule has 0 spiro atoms. The van der Waals surface area contributed by atoms with Gasteiger partial charge in [-0.25, -0.2) is 0 Å². The molecule has 0 saturated heterocycles. The summed E-state index contributed by atoms with van der Waals surface area (Å²) in [6.07, 6.45) is 4.30. The van der Waals surface area contributed by atoms with Crippen LogP contribution >= 0.6 is 0 Å². The maximum atomic E-state index is 2.31. The summed E-state index contributed by atoms with van der Waals surface area (Å²) in [7, 11) is 2.13. The van der Waals surface area contributed by atoms with Gasteiger partial charge in [-0.15, -0.1) is 0 Å². The number of aromatic nitrogens is 2. The number of benzene rings is 3. The quantitative estimate of drug-likeness (QED) is 0.363. The maximum Gasteiger partial charge on any atom is 0.125 e. The van der Waals surface area contributed by atoms with Gasteiger partial charge in [0, 0.05) is 30.4 Å². The van der Waals surface area contributed by atoms with Gasteiger partial charge >= 0.3 is 0 Å². The molecule has 0 amide bonds. The molecule has 0 aliphatic heterocycles. The van der Waals surface area contributed by atoms with Crippen molar-refractivity contribution >= 4 is 27.3 Å². The Morgan fingerprint density at radius 1 is 0.739 bits per heavy atom. The smallest absolute Gasteiger partial charge is 0.125 e. The first-order chi connectivity index (χ1) is 11.3. The van der Waals surface area contributed by atoms with Crippen LogP contribution in [-0.2, 0) is 7.05 Å². The molecule has 1 aliphatic rings. The second-order valence-corrected chi connectivity index (χ2v) is 6.39. The van der Waals surface area contributed by atoms with Crippen molar-refractivity contribution in [2.24, 2.45) is 7.05 Å². The number of aryl methyl sites for hydroxylation is 1. The third-order valence-electron chi connectivity index (χ3n) is 5.24. The fourth-order valence-electron chi connectivity index (χ4n) is 4.32. The molecular formula is C21H14N2. The molecule has 23 heavy (non-hydrogen) atoms. The maximum absolute atomic E-state index is 2.31. The Morgan fingerprint density at radius 3 is 2.61 bits per heavy atom. The molecule has 0 atom stereocenters. The Morgan fingerprint density at radius 2 is 1.65 bits per heavy atom. The van der Waals surface area contributed by atoms with Crippen LogP contribution < -0.4 is 0 Å². The van der Waals surface area contributed by atoms with E-state index in [2.05, 4.69) is 83.0 Å². The lowest BCUT2D eigenvalue weighted by Gasteiger charge is -2.08. The highest BCUT2D eigenvalue weighted by molar-refractivity contribution is 6.24. The molecule has 5 aromatic rings. The first kappa shape index (κ1) is 11.6. The number of nitrogens with zero attached hydrogens (tertiary/aromatic N) is 2. The van der Waals surface area contributed by atoms with Crippen LogP contribution in [0.3, 0.4) is 0 Å². The summed E-state index contributed by atoms with van der Waals surface area (Å²) in [5.41, 5.74) is 8.08. The van der Waals surface area contributed by atoms with Crippen molar-refractivity contribution in [1.82, 2.24) is 8.97 Å². The fraction of sp³-hybridized carbons (Fsp3) is 0.0476. The van der Waals surface area contributed by atoms with E-state index in [0.29, 0.717) is 0 Å². The first-order valence-corrected chi connectivity index (χ1v) is 7.95. The molecule has 108 valence electrons. The number of hydrogen-bond donors (Lipinski definition) is 0. The lowest BCUT2D eigenvalue weighted by Crippen LogP contribution is -1.89. The van der Waals surface area contributed by atoms with Gasteiger partial charge in [-0.1, -0.05) is 48.5 Å². The Labute approximate surface area is 133 Å². The van der Waals surface area contributed by atoms with Crippen molar-refractivity contribution < 1.29 is 0 Å². The van der Waals surface area contributed by atoms with Crippen LogP contribution in [0, 0.1) is 0 Å². The highest BCUT2D eigenvalue weighted by Gasteiger charge is 2.28. The van der Waals surface area contributed by atoms with Gasteiger partial charge < -0.3 is 8.97 Å². The monoisotopic (exact) mass is 294 g/mol. The summed E-state index contributed by atoms with van der Waals surface area (Å²) in [5, 5.41) is 4.05. The van der Waals surface area contributed by atoms with Crippen LogP contribution in [0.5, 0.6) is 0 Å². The molecule has 0 N–H and O–H groups in total. The lowest BCUT2D eigenvalue weighted by atomic mass is 9.96. The van der Waals surface area contributed by atoms with E-state index in [4.69, 9.17) is 0 Å². The first-order valence-electron chi connectivity index (χ1n) is 7.95. The number of rotatable bonds is 0. The molecule has 0 bridgehead atoms. The summed E-state index contributed by atoms with van der Waals surface area (Å²) in [6.45, 7) is 0. The highest BCUT2D eigenvalue weighted by atomic mass is 15.1. The van der Waals surface area contributed by atoms with Gasteiger partial charge in [0.15, 0.2) is 0 Å². The van der Waals surface area contributed by atoms with E-state index in [9.17, 15) is 0 Å². The Balaban J connectivity index is 1.95. The summed E-state index contributed by atoms with van der Waals surface area (Å²) >= 11 is 0. The summed E-state index contributed by atoms with van der Waals surface area (Å²) < 4.78 is 4.54. The van der Waals surface area contributed by atoms with Crippen LogP contribution in [0.15, 0.2) is 67.0 Å². The van der Waals surface area contributed by atoms with E-state index >= 15 is 0 Å². The third kappa shape index (κ3) is 1.19. The van der Waals surface area contributed by atoms with Crippen molar-refractivity contribution in [2.75, 3.05) is 0 Å². The molecule has 0 saturated carbocycles. The van der Waals surface area contributed by atoms with Gasteiger partial charge in [-0.3, -0.25) is 0 Å². The molecular weight excluding hydrogens is 280 g/mol. The zero-order valence-electron chi connectivity index (χ0n) is 12.7. The average molecular weight is 294 g/mol. The van der Waals surface area contributed by atoms with Crippen LogP contribution in [0.1, 0.15) is 0 Å². The largest absolute Gasteiger partial charge is 0.335 e. The van der Waals surface area contributed by atoms with Crippen molar-refractivity contribution in [3.8, 4) is 22.3 Å². The molecule has 1 aliphatic carbocycles. The van der Waals surface area contributed by atoms with Gasteiger partial charge in [0.1, 0.15) is 5.65 Å². The molecule has 2 heteroatoms. The minimum absolute atomic E-state index is 1.28. The fourth-order valence-corrected chi connectivity index (χ4v) is 4.32. The topological polar surface area (TPSA) is 9.34 Å². The molecule has 0 unspecified atom stereocenters. The standard InChI is InChI=1S/C21H14N2/c1-22-11-12-23-17-8-4-7-15-18-14-6-3-2-5-13(14)9-10-16(18)20(19(15)17)21(22)23/h2-12H,1H3. The summed E-state index contributed by atoms with van der Waals surface area (Å²) in [5.74, 6) is 0. The molecule has 0 fully saturated rings. The van der Waals surface area contributed by atoms with E-state index in [-0.39, 0.29) is 0 Å². The Bertz CT molecular complexity index is 1270. The van der Waals surface area contributed by atoms with Gasteiger partial charge in [0.05, 0.1) is 5.52 Å². The van der Waals surface area contributed by atoms with Gasteiger partial charge in [-0.05, 0) is 33.5 Å². The predicted octanol–water partition coefficient (Wildman–Crippen LogP) is 5.23. The highest BCUT2D eigenvalue weighted by Crippen LogP contribution is 2.52. The summed E-state index contributed by atoms with van der Waals surface area (Å²) in [6, 6.07) is 19.9. The molecule has 6 rings (SSSR count). The minimum atomic E-state index is 1.28. The van der Waals surface area contributed by atoms with Gasteiger partial charge in [-0.2, -0.15) is 0 Å². The molecule has 3 aromatic carbocycles. The molecule has 2 nitrogen and oxygen atoms in total.